The lowest BCUT2D eigenvalue weighted by molar-refractivity contribution is -0.0239. The van der Waals surface area contributed by atoms with E-state index in [1.165, 1.54) is 6.54 Å². The first-order valence-electron chi connectivity index (χ1n) is 5.58. The summed E-state index contributed by atoms with van der Waals surface area (Å²) < 4.78 is 5.52. The average Bonchev–Trinajstić information content (AvgIpc) is 2.14. The van der Waals surface area contributed by atoms with Crippen LogP contribution in [0.5, 0.6) is 0 Å². The van der Waals surface area contributed by atoms with Crippen molar-refractivity contribution in [3.63, 3.8) is 0 Å². The van der Waals surface area contributed by atoms with E-state index < -0.39 is 0 Å². The summed E-state index contributed by atoms with van der Waals surface area (Å²) in [4.78, 5) is 2.51. The molecular weight excluding hydrogens is 194 g/mol. The molecule has 0 radical (unpaired) electrons. The van der Waals surface area contributed by atoms with E-state index in [4.69, 9.17) is 4.74 Å². The van der Waals surface area contributed by atoms with Crippen molar-refractivity contribution in [2.75, 3.05) is 32.0 Å². The van der Waals surface area contributed by atoms with Gasteiger partial charge in [0.25, 0.3) is 0 Å². The van der Waals surface area contributed by atoms with Crippen LogP contribution in [-0.4, -0.2) is 43.0 Å². The minimum atomic E-state index is 0.400. The molecule has 0 bridgehead atoms. The number of morpholine rings is 1. The van der Waals surface area contributed by atoms with Crippen LogP contribution in [-0.2, 0) is 4.74 Å². The Labute approximate surface area is 93.4 Å². The molecule has 2 atom stereocenters. The van der Waals surface area contributed by atoms with Gasteiger partial charge in [0.2, 0.25) is 0 Å². The van der Waals surface area contributed by atoms with Crippen LogP contribution in [0.15, 0.2) is 0 Å². The van der Waals surface area contributed by atoms with Gasteiger partial charge in [-0.2, -0.15) is 12.6 Å². The number of thiol groups is 1. The maximum atomic E-state index is 5.52. The zero-order chi connectivity index (χ0) is 10.6. The highest BCUT2D eigenvalue weighted by Gasteiger charge is 2.21. The third-order valence-corrected chi connectivity index (χ3v) is 3.46. The normalized spacial score (nSPS) is 26.8. The highest BCUT2D eigenvalue weighted by atomic mass is 32.1. The topological polar surface area (TPSA) is 12.5 Å². The average molecular weight is 217 g/mol. The van der Waals surface area contributed by atoms with Crippen LogP contribution in [0.1, 0.15) is 20.8 Å². The Balaban J connectivity index is 2.33. The maximum Gasteiger partial charge on any atom is 0.0674 e. The predicted octanol–water partition coefficient (Wildman–Crippen LogP) is 1.91. The first-order chi connectivity index (χ1) is 6.63. The van der Waals surface area contributed by atoms with Crippen molar-refractivity contribution in [1.82, 2.24) is 4.90 Å². The van der Waals surface area contributed by atoms with Gasteiger partial charge in [-0.25, -0.2) is 0 Å². The lowest BCUT2D eigenvalue weighted by Crippen LogP contribution is -2.44. The Morgan fingerprint density at radius 2 is 2.21 bits per heavy atom. The minimum Gasteiger partial charge on any atom is -0.376 e. The first-order valence-corrected chi connectivity index (χ1v) is 6.21. The van der Waals surface area contributed by atoms with Gasteiger partial charge in [-0.3, -0.25) is 4.90 Å². The summed E-state index contributed by atoms with van der Waals surface area (Å²) in [5.74, 6) is 2.43. The summed E-state index contributed by atoms with van der Waals surface area (Å²) in [6.07, 6.45) is 0.400. The van der Waals surface area contributed by atoms with Crippen LogP contribution in [0.4, 0.5) is 0 Å². The molecule has 3 heteroatoms. The van der Waals surface area contributed by atoms with Crippen molar-refractivity contribution in [3.05, 3.63) is 0 Å². The van der Waals surface area contributed by atoms with Crippen molar-refractivity contribution in [2.45, 2.75) is 26.9 Å². The maximum absolute atomic E-state index is 5.52. The van der Waals surface area contributed by atoms with E-state index in [-0.39, 0.29) is 0 Å². The van der Waals surface area contributed by atoms with Crippen LogP contribution in [0.25, 0.3) is 0 Å². The second-order valence-corrected chi connectivity index (χ2v) is 4.99. The van der Waals surface area contributed by atoms with Gasteiger partial charge in [0, 0.05) is 19.6 Å². The smallest absolute Gasteiger partial charge is 0.0674 e. The summed E-state index contributed by atoms with van der Waals surface area (Å²) in [7, 11) is 0. The molecule has 1 rings (SSSR count). The monoisotopic (exact) mass is 217 g/mol. The molecule has 0 N–H and O–H groups in total. The number of nitrogens with zero attached hydrogens (tertiary/aromatic N) is 1. The van der Waals surface area contributed by atoms with Crippen molar-refractivity contribution >= 4 is 12.6 Å². The van der Waals surface area contributed by atoms with Crippen LogP contribution >= 0.6 is 12.6 Å². The van der Waals surface area contributed by atoms with Crippen LogP contribution in [0.3, 0.4) is 0 Å². The van der Waals surface area contributed by atoms with Gasteiger partial charge in [0.1, 0.15) is 0 Å². The zero-order valence-electron chi connectivity index (χ0n) is 9.57. The van der Waals surface area contributed by atoms with Crippen molar-refractivity contribution in [1.29, 1.82) is 0 Å². The summed E-state index contributed by atoms with van der Waals surface area (Å²) in [6.45, 7) is 10.9. The third-order valence-electron chi connectivity index (χ3n) is 3.00. The van der Waals surface area contributed by atoms with E-state index in [0.717, 1.165) is 31.4 Å². The fourth-order valence-corrected chi connectivity index (χ4v) is 2.40. The predicted molar refractivity (Wildman–Crippen MR) is 64.0 cm³/mol. The summed E-state index contributed by atoms with van der Waals surface area (Å²) in [5, 5.41) is 0. The van der Waals surface area contributed by atoms with Gasteiger partial charge >= 0.3 is 0 Å². The van der Waals surface area contributed by atoms with Gasteiger partial charge in [0.05, 0.1) is 12.7 Å². The zero-order valence-corrected chi connectivity index (χ0v) is 10.5. The molecular formula is C11H23NOS. The summed E-state index contributed by atoms with van der Waals surface area (Å²) in [6, 6.07) is 0. The first kappa shape index (κ1) is 12.3. The van der Waals surface area contributed by atoms with E-state index in [1.807, 2.05) is 0 Å². The van der Waals surface area contributed by atoms with E-state index in [9.17, 15) is 0 Å². The molecule has 0 saturated carbocycles. The summed E-state index contributed by atoms with van der Waals surface area (Å²) >= 11 is 4.42. The number of hydrogen-bond donors (Lipinski definition) is 1. The van der Waals surface area contributed by atoms with Crippen LogP contribution in [0, 0.1) is 11.8 Å². The second-order valence-electron chi connectivity index (χ2n) is 4.63. The van der Waals surface area contributed by atoms with Gasteiger partial charge in [-0.1, -0.05) is 13.8 Å². The van der Waals surface area contributed by atoms with E-state index >= 15 is 0 Å². The molecule has 0 spiro atoms. The standard InChI is InChI=1S/C11H23NOS/c1-9(2)11(8-14)7-12-4-5-13-10(3)6-12/h9-11,14H,4-8H2,1-3H3. The largest absolute Gasteiger partial charge is 0.376 e. The molecule has 84 valence electrons. The number of hydrogen-bond acceptors (Lipinski definition) is 3. The number of ether oxygens (including phenoxy) is 1. The van der Waals surface area contributed by atoms with Gasteiger partial charge < -0.3 is 4.74 Å². The highest BCUT2D eigenvalue weighted by Crippen LogP contribution is 2.16. The molecule has 0 aromatic carbocycles. The Bertz CT molecular complexity index is 163. The number of rotatable bonds is 4. The van der Waals surface area contributed by atoms with Crippen molar-refractivity contribution < 1.29 is 4.74 Å². The molecule has 1 aliphatic rings. The lowest BCUT2D eigenvalue weighted by Gasteiger charge is -2.34. The van der Waals surface area contributed by atoms with Crippen molar-refractivity contribution in [3.8, 4) is 0 Å². The van der Waals surface area contributed by atoms with Gasteiger partial charge in [0.15, 0.2) is 0 Å². The Kier molecular flexibility index (Phi) is 5.28. The molecule has 0 aromatic heterocycles. The quantitative estimate of drug-likeness (QED) is 0.722. The molecule has 1 heterocycles. The molecule has 2 unspecified atom stereocenters. The SMILES string of the molecule is CC1CN(CC(CS)C(C)C)CCO1. The molecule has 14 heavy (non-hydrogen) atoms. The van der Waals surface area contributed by atoms with E-state index in [2.05, 4.69) is 38.3 Å². The van der Waals surface area contributed by atoms with Crippen molar-refractivity contribution in [2.24, 2.45) is 11.8 Å². The second kappa shape index (κ2) is 5.99. The lowest BCUT2D eigenvalue weighted by atomic mass is 9.97. The molecule has 1 fully saturated rings. The minimum absolute atomic E-state index is 0.400. The fraction of sp³-hybridized carbons (Fsp3) is 1.00. The van der Waals surface area contributed by atoms with Crippen LogP contribution in [0.2, 0.25) is 0 Å². The van der Waals surface area contributed by atoms with E-state index in [1.54, 1.807) is 0 Å². The molecule has 0 aliphatic carbocycles. The molecule has 1 saturated heterocycles. The fourth-order valence-electron chi connectivity index (χ4n) is 1.87. The van der Waals surface area contributed by atoms with E-state index in [0.29, 0.717) is 12.0 Å². The molecule has 0 amide bonds. The van der Waals surface area contributed by atoms with Gasteiger partial charge in [-0.05, 0) is 24.5 Å². The van der Waals surface area contributed by atoms with Crippen LogP contribution < -0.4 is 0 Å². The Morgan fingerprint density at radius 3 is 2.71 bits per heavy atom. The molecule has 2 nitrogen and oxygen atoms in total. The summed E-state index contributed by atoms with van der Waals surface area (Å²) in [5.41, 5.74) is 0. The highest BCUT2D eigenvalue weighted by molar-refractivity contribution is 7.80. The van der Waals surface area contributed by atoms with Gasteiger partial charge in [-0.15, -0.1) is 0 Å². The molecule has 0 aromatic rings. The molecule has 1 aliphatic heterocycles. The Morgan fingerprint density at radius 1 is 1.50 bits per heavy atom. The Hall–Kier alpha value is 0.270. The third kappa shape index (κ3) is 3.79.